The minimum atomic E-state index is -0.0374. The standard InChI is InChI=1S/C15H20Cl2N2O2/c1-19(9-11-6-12(16)8-13(17)7-11)15(20)10-21-14-2-4-18-5-3-14/h6-8,14,18H,2-5,9-10H2,1H3. The van der Waals surface area contributed by atoms with Crippen molar-refractivity contribution in [2.24, 2.45) is 0 Å². The minimum Gasteiger partial charge on any atom is -0.368 e. The summed E-state index contributed by atoms with van der Waals surface area (Å²) in [6.07, 6.45) is 2.10. The summed E-state index contributed by atoms with van der Waals surface area (Å²) in [5, 5.41) is 4.41. The second-order valence-electron chi connectivity index (χ2n) is 5.29. The van der Waals surface area contributed by atoms with Gasteiger partial charge in [0.25, 0.3) is 0 Å². The normalized spacial score (nSPS) is 16.0. The Labute approximate surface area is 135 Å². The molecule has 1 aliphatic heterocycles. The van der Waals surface area contributed by atoms with Crippen molar-refractivity contribution < 1.29 is 9.53 Å². The largest absolute Gasteiger partial charge is 0.368 e. The molecular formula is C15H20Cl2N2O2. The number of hydrogen-bond acceptors (Lipinski definition) is 3. The summed E-state index contributed by atoms with van der Waals surface area (Å²) in [7, 11) is 1.75. The Bertz CT molecular complexity index is 470. The van der Waals surface area contributed by atoms with Crippen molar-refractivity contribution in [3.8, 4) is 0 Å². The van der Waals surface area contributed by atoms with Gasteiger partial charge in [-0.3, -0.25) is 4.79 Å². The third-order valence-corrected chi connectivity index (χ3v) is 3.93. The van der Waals surface area contributed by atoms with Crippen LogP contribution in [0.2, 0.25) is 10.0 Å². The average molecular weight is 331 g/mol. The van der Waals surface area contributed by atoms with E-state index in [2.05, 4.69) is 5.32 Å². The molecule has 0 atom stereocenters. The van der Waals surface area contributed by atoms with Crippen LogP contribution in [0.1, 0.15) is 18.4 Å². The lowest BCUT2D eigenvalue weighted by Gasteiger charge is -2.24. The monoisotopic (exact) mass is 330 g/mol. The predicted octanol–water partition coefficient (Wildman–Crippen LogP) is 2.72. The van der Waals surface area contributed by atoms with Gasteiger partial charge in [0, 0.05) is 23.6 Å². The topological polar surface area (TPSA) is 41.6 Å². The number of halogens is 2. The van der Waals surface area contributed by atoms with E-state index in [9.17, 15) is 4.79 Å². The second-order valence-corrected chi connectivity index (χ2v) is 6.16. The number of hydrogen-bond donors (Lipinski definition) is 1. The highest BCUT2D eigenvalue weighted by Gasteiger charge is 2.16. The van der Waals surface area contributed by atoms with Crippen LogP contribution in [-0.4, -0.2) is 43.7 Å². The van der Waals surface area contributed by atoms with Gasteiger partial charge in [0.05, 0.1) is 6.10 Å². The first-order chi connectivity index (χ1) is 10.0. The van der Waals surface area contributed by atoms with Crippen molar-refractivity contribution in [3.05, 3.63) is 33.8 Å². The summed E-state index contributed by atoms with van der Waals surface area (Å²) in [5.41, 5.74) is 0.908. The first-order valence-electron chi connectivity index (χ1n) is 7.06. The number of piperidine rings is 1. The van der Waals surface area contributed by atoms with Crippen LogP contribution < -0.4 is 5.32 Å². The van der Waals surface area contributed by atoms with Gasteiger partial charge >= 0.3 is 0 Å². The summed E-state index contributed by atoms with van der Waals surface area (Å²) >= 11 is 11.9. The third-order valence-electron chi connectivity index (χ3n) is 3.50. The molecule has 0 spiro atoms. The van der Waals surface area contributed by atoms with Gasteiger partial charge in [-0.15, -0.1) is 0 Å². The number of ether oxygens (including phenoxy) is 1. The van der Waals surface area contributed by atoms with E-state index in [1.54, 1.807) is 18.0 Å². The van der Waals surface area contributed by atoms with E-state index in [1.807, 2.05) is 12.1 Å². The molecule has 21 heavy (non-hydrogen) atoms. The lowest BCUT2D eigenvalue weighted by Crippen LogP contribution is -2.36. The van der Waals surface area contributed by atoms with Gasteiger partial charge in [-0.1, -0.05) is 23.2 Å². The van der Waals surface area contributed by atoms with Gasteiger partial charge in [0.1, 0.15) is 6.61 Å². The maximum Gasteiger partial charge on any atom is 0.248 e. The number of carbonyl (C=O) groups is 1. The Kier molecular flexibility index (Phi) is 6.30. The van der Waals surface area contributed by atoms with Gasteiger partial charge in [-0.05, 0) is 49.7 Å². The molecule has 1 aromatic carbocycles. The third kappa shape index (κ3) is 5.47. The molecular weight excluding hydrogens is 311 g/mol. The maximum absolute atomic E-state index is 12.1. The van der Waals surface area contributed by atoms with E-state index in [0.29, 0.717) is 16.6 Å². The predicted molar refractivity (Wildman–Crippen MR) is 84.8 cm³/mol. The van der Waals surface area contributed by atoms with Crippen LogP contribution in [0.4, 0.5) is 0 Å². The van der Waals surface area contributed by atoms with Crippen LogP contribution in [0.3, 0.4) is 0 Å². The maximum atomic E-state index is 12.1. The van der Waals surface area contributed by atoms with E-state index < -0.39 is 0 Å². The average Bonchev–Trinajstić information content (AvgIpc) is 2.44. The fraction of sp³-hybridized carbons (Fsp3) is 0.533. The highest BCUT2D eigenvalue weighted by atomic mass is 35.5. The van der Waals surface area contributed by atoms with E-state index in [0.717, 1.165) is 31.5 Å². The fourth-order valence-corrected chi connectivity index (χ4v) is 2.90. The number of nitrogens with zero attached hydrogens (tertiary/aromatic N) is 1. The molecule has 0 aromatic heterocycles. The van der Waals surface area contributed by atoms with Crippen molar-refractivity contribution in [1.29, 1.82) is 0 Å². The molecule has 0 aliphatic carbocycles. The Morgan fingerprint density at radius 2 is 1.90 bits per heavy atom. The Hall–Kier alpha value is -0.810. The van der Waals surface area contributed by atoms with Crippen molar-refractivity contribution in [2.75, 3.05) is 26.7 Å². The zero-order valence-electron chi connectivity index (χ0n) is 12.1. The molecule has 1 heterocycles. The van der Waals surface area contributed by atoms with Crippen molar-refractivity contribution in [3.63, 3.8) is 0 Å². The fourth-order valence-electron chi connectivity index (χ4n) is 2.33. The number of likely N-dealkylation sites (N-methyl/N-ethyl adjacent to an activating group) is 1. The van der Waals surface area contributed by atoms with E-state index >= 15 is 0 Å². The highest BCUT2D eigenvalue weighted by Crippen LogP contribution is 2.20. The summed E-state index contributed by atoms with van der Waals surface area (Å²) in [5.74, 6) is -0.0374. The Balaban J connectivity index is 1.81. The number of rotatable bonds is 5. The molecule has 2 rings (SSSR count). The molecule has 1 N–H and O–H groups in total. The molecule has 6 heteroatoms. The Morgan fingerprint density at radius 1 is 1.29 bits per heavy atom. The molecule has 0 radical (unpaired) electrons. The molecule has 116 valence electrons. The number of benzene rings is 1. The lowest BCUT2D eigenvalue weighted by molar-refractivity contribution is -0.137. The molecule has 0 unspecified atom stereocenters. The van der Waals surface area contributed by atoms with E-state index in [1.165, 1.54) is 0 Å². The molecule has 1 amide bonds. The zero-order chi connectivity index (χ0) is 15.2. The van der Waals surface area contributed by atoms with E-state index in [-0.39, 0.29) is 18.6 Å². The summed E-state index contributed by atoms with van der Waals surface area (Å²) < 4.78 is 5.67. The first-order valence-corrected chi connectivity index (χ1v) is 7.81. The second kappa shape index (κ2) is 7.99. The molecule has 4 nitrogen and oxygen atoms in total. The molecule has 1 fully saturated rings. The molecule has 1 aliphatic rings. The smallest absolute Gasteiger partial charge is 0.248 e. The van der Waals surface area contributed by atoms with Crippen LogP contribution in [-0.2, 0) is 16.1 Å². The SMILES string of the molecule is CN(Cc1cc(Cl)cc(Cl)c1)C(=O)COC1CCNCC1. The quantitative estimate of drug-likeness (QED) is 0.902. The summed E-state index contributed by atoms with van der Waals surface area (Å²) in [6.45, 7) is 2.50. The number of carbonyl (C=O) groups excluding carboxylic acids is 1. The van der Waals surface area contributed by atoms with Crippen LogP contribution in [0.15, 0.2) is 18.2 Å². The van der Waals surface area contributed by atoms with E-state index in [4.69, 9.17) is 27.9 Å². The Morgan fingerprint density at radius 3 is 2.52 bits per heavy atom. The van der Waals surface area contributed by atoms with Gasteiger partial charge in [-0.25, -0.2) is 0 Å². The molecule has 0 saturated carbocycles. The van der Waals surface area contributed by atoms with Crippen molar-refractivity contribution in [1.82, 2.24) is 10.2 Å². The zero-order valence-corrected chi connectivity index (χ0v) is 13.6. The molecule has 0 bridgehead atoms. The van der Waals surface area contributed by atoms with Gasteiger partial charge in [0.2, 0.25) is 5.91 Å². The summed E-state index contributed by atoms with van der Waals surface area (Å²) in [4.78, 5) is 13.7. The number of nitrogens with one attached hydrogen (secondary N) is 1. The van der Waals surface area contributed by atoms with Gasteiger partial charge < -0.3 is 15.0 Å². The lowest BCUT2D eigenvalue weighted by atomic mass is 10.1. The molecule has 1 aromatic rings. The van der Waals surface area contributed by atoms with Gasteiger partial charge in [-0.2, -0.15) is 0 Å². The number of amides is 1. The highest BCUT2D eigenvalue weighted by molar-refractivity contribution is 6.34. The molecule has 1 saturated heterocycles. The van der Waals surface area contributed by atoms with Crippen LogP contribution >= 0.6 is 23.2 Å². The van der Waals surface area contributed by atoms with Crippen LogP contribution in [0, 0.1) is 0 Å². The summed E-state index contributed by atoms with van der Waals surface area (Å²) in [6, 6.07) is 5.30. The van der Waals surface area contributed by atoms with Crippen molar-refractivity contribution in [2.45, 2.75) is 25.5 Å². The van der Waals surface area contributed by atoms with Crippen LogP contribution in [0.5, 0.6) is 0 Å². The first kappa shape index (κ1) is 16.6. The van der Waals surface area contributed by atoms with Gasteiger partial charge in [0.15, 0.2) is 0 Å². The van der Waals surface area contributed by atoms with Crippen LogP contribution in [0.25, 0.3) is 0 Å². The minimum absolute atomic E-state index is 0.0374. The van der Waals surface area contributed by atoms with Crippen molar-refractivity contribution >= 4 is 29.1 Å².